The lowest BCUT2D eigenvalue weighted by molar-refractivity contribution is -0.129. The molecule has 0 bridgehead atoms. The lowest BCUT2D eigenvalue weighted by atomic mass is 10.4. The number of sulfone groups is 1. The molecule has 0 aromatic heterocycles. The Bertz CT molecular complexity index is 248. The topological polar surface area (TPSA) is 34.1 Å². The monoisotopic (exact) mass is 252 g/mol. The van der Waals surface area contributed by atoms with Crippen LogP contribution >= 0.6 is 11.6 Å². The van der Waals surface area contributed by atoms with Crippen molar-refractivity contribution in [3.63, 3.8) is 0 Å². The van der Waals surface area contributed by atoms with Crippen LogP contribution in [-0.4, -0.2) is 32.0 Å². The normalized spacial score (nSPS) is 13.1. The first-order valence-electron chi connectivity index (χ1n) is 4.10. The van der Waals surface area contributed by atoms with Crippen molar-refractivity contribution in [3.8, 4) is 0 Å². The van der Waals surface area contributed by atoms with Gasteiger partial charge in [0.05, 0.1) is 17.9 Å². The highest BCUT2D eigenvalue weighted by atomic mass is 35.5. The molecule has 0 fully saturated rings. The van der Waals surface area contributed by atoms with E-state index in [0.717, 1.165) is 0 Å². The van der Waals surface area contributed by atoms with Crippen LogP contribution in [0, 0.1) is 0 Å². The molecule has 0 aliphatic carbocycles. The first kappa shape index (κ1) is 14.0. The fraction of sp³-hybridized carbons (Fsp3) is 1.00. The molecule has 0 aromatic carbocycles. The maximum Gasteiger partial charge on any atom is 0.390 e. The van der Waals surface area contributed by atoms with Gasteiger partial charge in [0.2, 0.25) is 0 Å². The van der Waals surface area contributed by atoms with E-state index in [4.69, 9.17) is 11.6 Å². The van der Waals surface area contributed by atoms with Gasteiger partial charge in [-0.25, -0.2) is 8.42 Å². The molecule has 0 spiro atoms. The van der Waals surface area contributed by atoms with Gasteiger partial charge in [-0.3, -0.25) is 0 Å². The van der Waals surface area contributed by atoms with Gasteiger partial charge in [-0.05, 0) is 12.8 Å². The van der Waals surface area contributed by atoms with Crippen LogP contribution in [-0.2, 0) is 9.84 Å². The Morgan fingerprint density at radius 1 is 1.07 bits per heavy atom. The summed E-state index contributed by atoms with van der Waals surface area (Å²) in [6, 6.07) is 0. The van der Waals surface area contributed by atoms with Crippen LogP contribution in [0.4, 0.5) is 13.2 Å². The fourth-order valence-corrected chi connectivity index (χ4v) is 2.37. The van der Waals surface area contributed by atoms with E-state index in [2.05, 4.69) is 0 Å². The van der Waals surface area contributed by atoms with Crippen molar-refractivity contribution in [3.05, 3.63) is 0 Å². The molecule has 0 aliphatic rings. The minimum Gasteiger partial charge on any atom is -0.229 e. The highest BCUT2D eigenvalue weighted by Gasteiger charge is 2.29. The minimum atomic E-state index is -4.40. The fourth-order valence-electron chi connectivity index (χ4n) is 0.790. The number of alkyl halides is 4. The second-order valence-electron chi connectivity index (χ2n) is 2.91. The third kappa shape index (κ3) is 8.62. The summed E-state index contributed by atoms with van der Waals surface area (Å²) in [4.78, 5) is 0. The van der Waals surface area contributed by atoms with E-state index in [1.54, 1.807) is 0 Å². The molecular formula is C7H12ClF3O2S. The van der Waals surface area contributed by atoms with Gasteiger partial charge in [0, 0.05) is 5.88 Å². The number of hydrogen-bond acceptors (Lipinski definition) is 2. The lowest BCUT2D eigenvalue weighted by Gasteiger charge is -2.06. The molecule has 7 heteroatoms. The second kappa shape index (κ2) is 5.80. The Kier molecular flexibility index (Phi) is 5.81. The zero-order valence-corrected chi connectivity index (χ0v) is 9.05. The summed E-state index contributed by atoms with van der Waals surface area (Å²) in [7, 11) is -3.57. The number of rotatable bonds is 6. The first-order valence-corrected chi connectivity index (χ1v) is 6.45. The van der Waals surface area contributed by atoms with E-state index in [-0.39, 0.29) is 5.75 Å². The van der Waals surface area contributed by atoms with Gasteiger partial charge in [0.1, 0.15) is 0 Å². The second-order valence-corrected chi connectivity index (χ2v) is 5.59. The van der Waals surface area contributed by atoms with Gasteiger partial charge in [0.15, 0.2) is 9.84 Å². The minimum absolute atomic E-state index is 0.212. The molecule has 2 nitrogen and oxygen atoms in total. The van der Waals surface area contributed by atoms with Crippen molar-refractivity contribution >= 4 is 21.4 Å². The number of halogens is 4. The highest BCUT2D eigenvalue weighted by molar-refractivity contribution is 7.91. The predicted octanol–water partition coefficient (Wildman–Crippen LogP) is 2.37. The van der Waals surface area contributed by atoms with Crippen molar-refractivity contribution < 1.29 is 21.6 Å². The standard InChI is InChI=1S/C7H12ClF3O2S/c8-4-1-2-5-14(12,13)6-3-7(9,10)11/h1-6H2. The van der Waals surface area contributed by atoms with Gasteiger partial charge in [-0.15, -0.1) is 11.6 Å². The highest BCUT2D eigenvalue weighted by Crippen LogP contribution is 2.20. The maximum absolute atomic E-state index is 11.7. The van der Waals surface area contributed by atoms with Crippen molar-refractivity contribution in [1.82, 2.24) is 0 Å². The number of unbranched alkanes of at least 4 members (excludes halogenated alkanes) is 1. The molecule has 0 aliphatic heterocycles. The Labute approximate surface area is 86.4 Å². The van der Waals surface area contributed by atoms with Crippen LogP contribution in [0.2, 0.25) is 0 Å². The molecule has 86 valence electrons. The zero-order chi connectivity index (χ0) is 11.2. The average molecular weight is 253 g/mol. The van der Waals surface area contributed by atoms with Crippen LogP contribution in [0.1, 0.15) is 19.3 Å². The van der Waals surface area contributed by atoms with E-state index in [1.807, 2.05) is 0 Å². The molecule has 0 heterocycles. The lowest BCUT2D eigenvalue weighted by Crippen LogP contribution is -2.18. The third-order valence-electron chi connectivity index (χ3n) is 1.54. The van der Waals surface area contributed by atoms with E-state index in [9.17, 15) is 21.6 Å². The summed E-state index contributed by atoms with van der Waals surface area (Å²) in [6.45, 7) is 0. The summed E-state index contributed by atoms with van der Waals surface area (Å²) >= 11 is 5.31. The van der Waals surface area contributed by atoms with Crippen molar-refractivity contribution in [2.24, 2.45) is 0 Å². The molecule has 0 aromatic rings. The van der Waals surface area contributed by atoms with Crippen LogP contribution in [0.15, 0.2) is 0 Å². The summed E-state index contributed by atoms with van der Waals surface area (Å²) in [5.74, 6) is -0.705. The van der Waals surface area contributed by atoms with Gasteiger partial charge < -0.3 is 0 Å². The molecule has 0 atom stereocenters. The SMILES string of the molecule is O=S(=O)(CCCCCl)CCC(F)(F)F. The average Bonchev–Trinajstić information content (AvgIpc) is 2.00. The largest absolute Gasteiger partial charge is 0.390 e. The summed E-state index contributed by atoms with van der Waals surface area (Å²) < 4.78 is 57.1. The van der Waals surface area contributed by atoms with Gasteiger partial charge in [-0.1, -0.05) is 0 Å². The summed E-state index contributed by atoms with van der Waals surface area (Å²) in [5, 5.41) is 0. The summed E-state index contributed by atoms with van der Waals surface area (Å²) in [6.07, 6.45) is -4.84. The van der Waals surface area contributed by atoms with Gasteiger partial charge in [0.25, 0.3) is 0 Å². The Hall–Kier alpha value is 0.0300. The van der Waals surface area contributed by atoms with Crippen molar-refractivity contribution in [1.29, 1.82) is 0 Å². The van der Waals surface area contributed by atoms with E-state index < -0.39 is 28.2 Å². The Balaban J connectivity index is 3.85. The molecule has 0 saturated heterocycles. The van der Waals surface area contributed by atoms with Crippen LogP contribution in [0.25, 0.3) is 0 Å². The molecule has 0 radical (unpaired) electrons. The zero-order valence-electron chi connectivity index (χ0n) is 7.48. The van der Waals surface area contributed by atoms with Gasteiger partial charge in [-0.2, -0.15) is 13.2 Å². The molecule has 0 N–H and O–H groups in total. The number of hydrogen-bond donors (Lipinski definition) is 0. The van der Waals surface area contributed by atoms with Gasteiger partial charge >= 0.3 is 6.18 Å². The molecule has 0 amide bonds. The predicted molar refractivity (Wildman–Crippen MR) is 49.3 cm³/mol. The molecule has 14 heavy (non-hydrogen) atoms. The molecule has 0 saturated carbocycles. The van der Waals surface area contributed by atoms with Crippen LogP contribution < -0.4 is 0 Å². The Morgan fingerprint density at radius 3 is 2.07 bits per heavy atom. The van der Waals surface area contributed by atoms with Crippen molar-refractivity contribution in [2.45, 2.75) is 25.4 Å². The third-order valence-corrected chi connectivity index (χ3v) is 3.54. The maximum atomic E-state index is 11.7. The molecule has 0 rings (SSSR count). The van der Waals surface area contributed by atoms with Crippen LogP contribution in [0.5, 0.6) is 0 Å². The summed E-state index contributed by atoms with van der Waals surface area (Å²) in [5.41, 5.74) is 0. The van der Waals surface area contributed by atoms with Crippen LogP contribution in [0.3, 0.4) is 0 Å². The van der Waals surface area contributed by atoms with E-state index in [0.29, 0.717) is 18.7 Å². The van der Waals surface area contributed by atoms with E-state index in [1.165, 1.54) is 0 Å². The Morgan fingerprint density at radius 2 is 1.64 bits per heavy atom. The van der Waals surface area contributed by atoms with E-state index >= 15 is 0 Å². The smallest absolute Gasteiger partial charge is 0.229 e. The molecular weight excluding hydrogens is 241 g/mol. The first-order chi connectivity index (χ1) is 6.27. The molecule has 0 unspecified atom stereocenters. The van der Waals surface area contributed by atoms with Crippen molar-refractivity contribution in [2.75, 3.05) is 17.4 Å². The quantitative estimate of drug-likeness (QED) is 0.537.